The Balaban J connectivity index is 2.00. The van der Waals surface area contributed by atoms with Crippen LogP contribution in [0.5, 0.6) is 0 Å². The molecule has 0 saturated heterocycles. The molecule has 0 spiro atoms. The third-order valence-corrected chi connectivity index (χ3v) is 4.92. The molecule has 2 unspecified atom stereocenters. The van der Waals surface area contributed by atoms with Crippen molar-refractivity contribution < 1.29 is 13.9 Å². The molecule has 0 heterocycles. The second-order valence-corrected chi connectivity index (χ2v) is 7.17. The van der Waals surface area contributed by atoms with Gasteiger partial charge in [-0.3, -0.25) is 0 Å². The average molecular weight is 301 g/mol. The molecule has 2 rings (SSSR count). The van der Waals surface area contributed by atoms with Crippen LogP contribution in [0.2, 0.25) is 0 Å². The predicted octanol–water partition coefficient (Wildman–Crippen LogP) is 3.34. The molecule has 1 fully saturated rings. The van der Waals surface area contributed by atoms with Crippen molar-refractivity contribution in [2.24, 2.45) is 0 Å². The second kappa shape index (κ2) is 6.41. The van der Waals surface area contributed by atoms with Gasteiger partial charge in [-0.05, 0) is 37.5 Å². The molecular weight excluding hydrogens is 280 g/mol. The fourth-order valence-corrected chi connectivity index (χ4v) is 4.19. The third-order valence-electron chi connectivity index (χ3n) is 3.65. The molecule has 1 aliphatic carbocycles. The molecule has 1 aromatic rings. The van der Waals surface area contributed by atoms with Gasteiger partial charge in [-0.25, -0.2) is 8.78 Å². The van der Waals surface area contributed by atoms with Crippen LogP contribution < -0.4 is 5.32 Å². The van der Waals surface area contributed by atoms with E-state index in [9.17, 15) is 13.9 Å². The molecule has 2 atom stereocenters. The predicted molar refractivity (Wildman–Crippen MR) is 77.9 cm³/mol. The summed E-state index contributed by atoms with van der Waals surface area (Å²) in [6, 6.07) is 4.33. The van der Waals surface area contributed by atoms with Crippen molar-refractivity contribution in [3.8, 4) is 0 Å². The van der Waals surface area contributed by atoms with Gasteiger partial charge in [0.2, 0.25) is 0 Å². The van der Waals surface area contributed by atoms with E-state index in [2.05, 4.69) is 19.2 Å². The van der Waals surface area contributed by atoms with Crippen LogP contribution in [0.4, 0.5) is 8.78 Å². The molecule has 1 aliphatic rings. The molecule has 20 heavy (non-hydrogen) atoms. The SMILES string of the molecule is CC(C)NC1(CO)CCC(Sc2ccc(F)c(F)c2)C1. The Bertz CT molecular complexity index is 469. The summed E-state index contributed by atoms with van der Waals surface area (Å²) in [5.41, 5.74) is -0.232. The lowest BCUT2D eigenvalue weighted by Gasteiger charge is -2.31. The van der Waals surface area contributed by atoms with E-state index in [4.69, 9.17) is 0 Å². The summed E-state index contributed by atoms with van der Waals surface area (Å²) in [7, 11) is 0. The Morgan fingerprint density at radius 3 is 2.75 bits per heavy atom. The maximum absolute atomic E-state index is 13.2. The Hall–Kier alpha value is -0.650. The van der Waals surface area contributed by atoms with Gasteiger partial charge in [-0.2, -0.15) is 0 Å². The topological polar surface area (TPSA) is 32.3 Å². The van der Waals surface area contributed by atoms with Gasteiger partial charge < -0.3 is 10.4 Å². The van der Waals surface area contributed by atoms with Crippen LogP contribution in [0, 0.1) is 11.6 Å². The summed E-state index contributed by atoms with van der Waals surface area (Å²) < 4.78 is 26.1. The highest BCUT2D eigenvalue weighted by atomic mass is 32.2. The largest absolute Gasteiger partial charge is 0.394 e. The molecule has 2 N–H and O–H groups in total. The van der Waals surface area contributed by atoms with E-state index >= 15 is 0 Å². The third kappa shape index (κ3) is 3.71. The van der Waals surface area contributed by atoms with Gasteiger partial charge in [0.15, 0.2) is 11.6 Å². The molecule has 0 aromatic heterocycles. The minimum atomic E-state index is -0.813. The number of nitrogens with one attached hydrogen (secondary N) is 1. The van der Waals surface area contributed by atoms with E-state index in [-0.39, 0.29) is 12.1 Å². The molecule has 5 heteroatoms. The molecule has 2 nitrogen and oxygen atoms in total. The highest BCUT2D eigenvalue weighted by Gasteiger charge is 2.39. The number of thioether (sulfide) groups is 1. The van der Waals surface area contributed by atoms with Gasteiger partial charge in [-0.1, -0.05) is 13.8 Å². The van der Waals surface area contributed by atoms with Crippen molar-refractivity contribution in [1.82, 2.24) is 5.32 Å². The Kier molecular flexibility index (Phi) is 5.04. The number of hydrogen-bond acceptors (Lipinski definition) is 3. The minimum Gasteiger partial charge on any atom is -0.394 e. The first kappa shape index (κ1) is 15.7. The molecule has 0 aliphatic heterocycles. The zero-order valence-corrected chi connectivity index (χ0v) is 12.6. The van der Waals surface area contributed by atoms with Gasteiger partial charge >= 0.3 is 0 Å². The molecule has 0 bridgehead atoms. The van der Waals surface area contributed by atoms with Gasteiger partial charge in [0.1, 0.15) is 0 Å². The average Bonchev–Trinajstić information content (AvgIpc) is 2.77. The monoisotopic (exact) mass is 301 g/mol. The lowest BCUT2D eigenvalue weighted by molar-refractivity contribution is 0.156. The smallest absolute Gasteiger partial charge is 0.159 e. The summed E-state index contributed by atoms with van der Waals surface area (Å²) in [6.07, 6.45) is 2.71. The fourth-order valence-electron chi connectivity index (χ4n) is 2.85. The van der Waals surface area contributed by atoms with Gasteiger partial charge in [0.25, 0.3) is 0 Å². The van der Waals surface area contributed by atoms with Crippen LogP contribution in [0.3, 0.4) is 0 Å². The van der Waals surface area contributed by atoms with Crippen LogP contribution >= 0.6 is 11.8 Å². The first-order valence-electron chi connectivity index (χ1n) is 6.94. The van der Waals surface area contributed by atoms with E-state index in [0.717, 1.165) is 30.2 Å². The number of halogens is 2. The molecular formula is C15H21F2NOS. The zero-order chi connectivity index (χ0) is 14.8. The van der Waals surface area contributed by atoms with Gasteiger partial charge in [0.05, 0.1) is 6.61 Å². The Morgan fingerprint density at radius 2 is 2.15 bits per heavy atom. The van der Waals surface area contributed by atoms with Crippen LogP contribution in [0.1, 0.15) is 33.1 Å². The molecule has 0 radical (unpaired) electrons. The van der Waals surface area contributed by atoms with Gasteiger partial charge in [-0.15, -0.1) is 11.8 Å². The van der Waals surface area contributed by atoms with Crippen LogP contribution in [0.15, 0.2) is 23.1 Å². The van der Waals surface area contributed by atoms with E-state index in [1.807, 2.05) is 0 Å². The van der Waals surface area contributed by atoms with Crippen molar-refractivity contribution in [2.75, 3.05) is 6.61 Å². The van der Waals surface area contributed by atoms with Crippen LogP contribution in [-0.4, -0.2) is 28.5 Å². The second-order valence-electron chi connectivity index (χ2n) is 5.80. The van der Waals surface area contributed by atoms with E-state index in [1.54, 1.807) is 17.8 Å². The number of benzene rings is 1. The Labute approximate surface area is 123 Å². The summed E-state index contributed by atoms with van der Waals surface area (Å²) >= 11 is 1.56. The summed E-state index contributed by atoms with van der Waals surface area (Å²) in [5, 5.41) is 13.4. The number of aliphatic hydroxyl groups is 1. The first-order valence-corrected chi connectivity index (χ1v) is 7.82. The standard InChI is InChI=1S/C15H21F2NOS/c1-10(2)18-15(9-19)6-5-12(8-15)20-11-3-4-13(16)14(17)7-11/h3-4,7,10,12,18-19H,5-6,8-9H2,1-2H3. The van der Waals surface area contributed by atoms with E-state index < -0.39 is 11.6 Å². The highest BCUT2D eigenvalue weighted by Crippen LogP contribution is 2.40. The van der Waals surface area contributed by atoms with E-state index in [1.165, 1.54) is 6.07 Å². The van der Waals surface area contributed by atoms with E-state index in [0.29, 0.717) is 11.3 Å². The Morgan fingerprint density at radius 1 is 1.40 bits per heavy atom. The van der Waals surface area contributed by atoms with Crippen molar-refractivity contribution in [3.63, 3.8) is 0 Å². The molecule has 1 saturated carbocycles. The van der Waals surface area contributed by atoms with Crippen LogP contribution in [0.25, 0.3) is 0 Å². The van der Waals surface area contributed by atoms with Crippen molar-refractivity contribution in [2.45, 2.75) is 54.8 Å². The molecule has 0 amide bonds. The quantitative estimate of drug-likeness (QED) is 0.875. The first-order chi connectivity index (χ1) is 9.44. The summed E-state index contributed by atoms with van der Waals surface area (Å²) in [5.74, 6) is -1.62. The van der Waals surface area contributed by atoms with Crippen molar-refractivity contribution >= 4 is 11.8 Å². The number of rotatable bonds is 5. The number of aliphatic hydroxyl groups excluding tert-OH is 1. The normalized spacial score (nSPS) is 26.4. The fraction of sp³-hybridized carbons (Fsp3) is 0.600. The molecule has 1 aromatic carbocycles. The minimum absolute atomic E-state index is 0.111. The van der Waals surface area contributed by atoms with Crippen LogP contribution in [-0.2, 0) is 0 Å². The highest BCUT2D eigenvalue weighted by molar-refractivity contribution is 8.00. The number of hydrogen-bond donors (Lipinski definition) is 2. The van der Waals surface area contributed by atoms with Gasteiger partial charge in [0, 0.05) is 21.7 Å². The molecule has 112 valence electrons. The summed E-state index contributed by atoms with van der Waals surface area (Å²) in [6.45, 7) is 4.24. The van der Waals surface area contributed by atoms with Crippen molar-refractivity contribution in [3.05, 3.63) is 29.8 Å². The maximum atomic E-state index is 13.2. The summed E-state index contributed by atoms with van der Waals surface area (Å²) in [4.78, 5) is 0.743. The lowest BCUT2D eigenvalue weighted by atomic mass is 9.98. The maximum Gasteiger partial charge on any atom is 0.159 e. The lowest BCUT2D eigenvalue weighted by Crippen LogP contribution is -2.49. The van der Waals surface area contributed by atoms with Crippen molar-refractivity contribution in [1.29, 1.82) is 0 Å². The zero-order valence-electron chi connectivity index (χ0n) is 11.8.